The van der Waals surface area contributed by atoms with E-state index in [-0.39, 0.29) is 0 Å². The summed E-state index contributed by atoms with van der Waals surface area (Å²) in [7, 11) is 0. The molecule has 116 valence electrons. The Morgan fingerprint density at radius 2 is 1.91 bits per heavy atom. The fourth-order valence-electron chi connectivity index (χ4n) is 3.57. The molecule has 3 heterocycles. The van der Waals surface area contributed by atoms with Gasteiger partial charge < -0.3 is 9.47 Å². The molecule has 2 aliphatic rings. The molecule has 5 heteroatoms. The fourth-order valence-corrected chi connectivity index (χ4v) is 3.57. The van der Waals surface area contributed by atoms with Crippen LogP contribution in [-0.2, 0) is 0 Å². The van der Waals surface area contributed by atoms with E-state index >= 15 is 0 Å². The number of nitrogens with zero attached hydrogens (tertiary/aromatic N) is 5. The molecule has 2 aromatic heterocycles. The number of imidazole rings is 1. The van der Waals surface area contributed by atoms with Crippen molar-refractivity contribution in [3.05, 3.63) is 48.2 Å². The SMILES string of the molecule is Cc1nc2ccccc2n1C1CN(c2cc(C3CC3)ncn2)C1. The lowest BCUT2D eigenvalue weighted by atomic mass is 10.1. The third kappa shape index (κ3) is 2.11. The van der Waals surface area contributed by atoms with E-state index < -0.39 is 0 Å². The predicted molar refractivity (Wildman–Crippen MR) is 89.7 cm³/mol. The van der Waals surface area contributed by atoms with Crippen molar-refractivity contribution in [3.63, 3.8) is 0 Å². The van der Waals surface area contributed by atoms with Crippen LogP contribution in [0.3, 0.4) is 0 Å². The molecule has 0 atom stereocenters. The van der Waals surface area contributed by atoms with Crippen LogP contribution in [0.5, 0.6) is 0 Å². The zero-order valence-corrected chi connectivity index (χ0v) is 13.2. The van der Waals surface area contributed by atoms with Crippen LogP contribution in [0.1, 0.15) is 36.3 Å². The number of anilines is 1. The number of benzene rings is 1. The van der Waals surface area contributed by atoms with Crippen LogP contribution < -0.4 is 4.90 Å². The van der Waals surface area contributed by atoms with Gasteiger partial charge in [0, 0.05) is 30.8 Å². The Labute approximate surface area is 135 Å². The summed E-state index contributed by atoms with van der Waals surface area (Å²) >= 11 is 0. The molecule has 3 aromatic rings. The lowest BCUT2D eigenvalue weighted by molar-refractivity contribution is 0.399. The Bertz CT molecular complexity index is 874. The third-order valence-electron chi connectivity index (χ3n) is 4.99. The molecule has 1 saturated heterocycles. The van der Waals surface area contributed by atoms with Gasteiger partial charge in [-0.2, -0.15) is 0 Å². The summed E-state index contributed by atoms with van der Waals surface area (Å²) in [4.78, 5) is 15.9. The van der Waals surface area contributed by atoms with Gasteiger partial charge in [-0.25, -0.2) is 15.0 Å². The van der Waals surface area contributed by atoms with Crippen LogP contribution in [0.25, 0.3) is 11.0 Å². The highest BCUT2D eigenvalue weighted by atomic mass is 15.3. The van der Waals surface area contributed by atoms with E-state index in [0.29, 0.717) is 12.0 Å². The zero-order chi connectivity index (χ0) is 15.4. The van der Waals surface area contributed by atoms with Crippen molar-refractivity contribution < 1.29 is 0 Å². The molecule has 0 bridgehead atoms. The van der Waals surface area contributed by atoms with Crippen molar-refractivity contribution in [2.45, 2.75) is 31.7 Å². The first-order valence-corrected chi connectivity index (χ1v) is 8.30. The van der Waals surface area contributed by atoms with Gasteiger partial charge in [0.1, 0.15) is 18.0 Å². The largest absolute Gasteiger partial charge is 0.352 e. The Hall–Kier alpha value is -2.43. The molecule has 2 fully saturated rings. The number of aryl methyl sites for hydroxylation is 1. The summed E-state index contributed by atoms with van der Waals surface area (Å²) in [6.07, 6.45) is 4.27. The van der Waals surface area contributed by atoms with Gasteiger partial charge in [0.25, 0.3) is 0 Å². The van der Waals surface area contributed by atoms with E-state index in [1.807, 2.05) is 6.07 Å². The predicted octanol–water partition coefficient (Wildman–Crippen LogP) is 3.07. The minimum absolute atomic E-state index is 0.474. The molecule has 0 unspecified atom stereocenters. The molecule has 1 aliphatic heterocycles. The fraction of sp³-hybridized carbons (Fsp3) is 0.389. The van der Waals surface area contributed by atoms with Crippen molar-refractivity contribution in [3.8, 4) is 0 Å². The van der Waals surface area contributed by atoms with Gasteiger partial charge in [0.15, 0.2) is 0 Å². The van der Waals surface area contributed by atoms with Crippen LogP contribution in [0.15, 0.2) is 36.7 Å². The average Bonchev–Trinajstić information content (AvgIpc) is 3.32. The molecule has 1 saturated carbocycles. The van der Waals surface area contributed by atoms with Gasteiger partial charge in [0.05, 0.1) is 17.1 Å². The number of aromatic nitrogens is 4. The van der Waals surface area contributed by atoms with Gasteiger partial charge in [0.2, 0.25) is 0 Å². The molecule has 5 nitrogen and oxygen atoms in total. The monoisotopic (exact) mass is 305 g/mol. The molecular formula is C18H19N5. The van der Waals surface area contributed by atoms with Crippen molar-refractivity contribution in [2.75, 3.05) is 18.0 Å². The molecule has 1 aromatic carbocycles. The minimum Gasteiger partial charge on any atom is -0.352 e. The van der Waals surface area contributed by atoms with Crippen LogP contribution in [0, 0.1) is 6.92 Å². The third-order valence-corrected chi connectivity index (χ3v) is 4.99. The summed E-state index contributed by atoms with van der Waals surface area (Å²) < 4.78 is 2.37. The van der Waals surface area contributed by atoms with Crippen molar-refractivity contribution >= 4 is 16.9 Å². The first kappa shape index (κ1) is 13.0. The first-order valence-electron chi connectivity index (χ1n) is 8.30. The quantitative estimate of drug-likeness (QED) is 0.746. The van der Waals surface area contributed by atoms with Gasteiger partial charge in [-0.3, -0.25) is 0 Å². The van der Waals surface area contributed by atoms with Gasteiger partial charge in [-0.05, 0) is 31.9 Å². The molecule has 1 aliphatic carbocycles. The number of hydrogen-bond acceptors (Lipinski definition) is 4. The number of rotatable bonds is 3. The second kappa shape index (κ2) is 4.78. The van der Waals surface area contributed by atoms with Gasteiger partial charge in [-0.1, -0.05) is 12.1 Å². The highest BCUT2D eigenvalue weighted by molar-refractivity contribution is 5.76. The average molecular weight is 305 g/mol. The zero-order valence-electron chi connectivity index (χ0n) is 13.2. The maximum atomic E-state index is 4.68. The van der Waals surface area contributed by atoms with E-state index in [2.05, 4.69) is 55.6 Å². The van der Waals surface area contributed by atoms with E-state index in [0.717, 1.165) is 30.2 Å². The topological polar surface area (TPSA) is 46.8 Å². The molecule has 0 spiro atoms. The summed E-state index contributed by atoms with van der Waals surface area (Å²) in [5, 5.41) is 0. The summed E-state index contributed by atoms with van der Waals surface area (Å²) in [5.74, 6) is 2.84. The lowest BCUT2D eigenvalue weighted by Crippen LogP contribution is -2.48. The van der Waals surface area contributed by atoms with Gasteiger partial charge in [-0.15, -0.1) is 0 Å². The lowest BCUT2D eigenvalue weighted by Gasteiger charge is -2.41. The maximum Gasteiger partial charge on any atom is 0.132 e. The number of hydrogen-bond donors (Lipinski definition) is 0. The minimum atomic E-state index is 0.474. The smallest absolute Gasteiger partial charge is 0.132 e. The molecule has 0 radical (unpaired) electrons. The van der Waals surface area contributed by atoms with Crippen LogP contribution in [0.2, 0.25) is 0 Å². The van der Waals surface area contributed by atoms with Crippen LogP contribution >= 0.6 is 0 Å². The van der Waals surface area contributed by atoms with Gasteiger partial charge >= 0.3 is 0 Å². The first-order chi connectivity index (χ1) is 11.3. The molecule has 0 amide bonds. The summed E-state index contributed by atoms with van der Waals surface area (Å²) in [5.41, 5.74) is 3.53. The van der Waals surface area contributed by atoms with Crippen LogP contribution in [0.4, 0.5) is 5.82 Å². The summed E-state index contributed by atoms with van der Waals surface area (Å²) in [6.45, 7) is 4.07. The van der Waals surface area contributed by atoms with E-state index in [4.69, 9.17) is 0 Å². The molecular weight excluding hydrogens is 286 g/mol. The second-order valence-corrected chi connectivity index (χ2v) is 6.65. The summed E-state index contributed by atoms with van der Waals surface area (Å²) in [6, 6.07) is 11.0. The Morgan fingerprint density at radius 3 is 2.74 bits per heavy atom. The highest BCUT2D eigenvalue weighted by Crippen LogP contribution is 2.40. The van der Waals surface area contributed by atoms with Crippen molar-refractivity contribution in [1.82, 2.24) is 19.5 Å². The second-order valence-electron chi connectivity index (χ2n) is 6.65. The molecule has 0 N–H and O–H groups in total. The maximum absolute atomic E-state index is 4.68. The van der Waals surface area contributed by atoms with Crippen molar-refractivity contribution in [2.24, 2.45) is 0 Å². The standard InChI is InChI=1S/C18H19N5/c1-12-21-15-4-2-3-5-17(15)23(12)14-9-22(10-14)18-8-16(13-6-7-13)19-11-20-18/h2-5,8,11,13-14H,6-7,9-10H2,1H3. The van der Waals surface area contributed by atoms with E-state index in [9.17, 15) is 0 Å². The van der Waals surface area contributed by atoms with Crippen molar-refractivity contribution in [1.29, 1.82) is 0 Å². The number of para-hydroxylation sites is 2. The molecule has 23 heavy (non-hydrogen) atoms. The Balaban J connectivity index is 1.40. The van der Waals surface area contributed by atoms with E-state index in [1.165, 1.54) is 24.1 Å². The Morgan fingerprint density at radius 1 is 1.09 bits per heavy atom. The normalized spacial score (nSPS) is 18.4. The van der Waals surface area contributed by atoms with Crippen LogP contribution in [-0.4, -0.2) is 32.6 Å². The van der Waals surface area contributed by atoms with E-state index in [1.54, 1.807) is 6.33 Å². The molecule has 5 rings (SSSR count). The number of fused-ring (bicyclic) bond motifs is 1. The highest BCUT2D eigenvalue weighted by Gasteiger charge is 2.32. The Kier molecular flexibility index (Phi) is 2.71.